The lowest BCUT2D eigenvalue weighted by Gasteiger charge is -2.14. The molecular weight excluding hydrogens is 530 g/mol. The van der Waals surface area contributed by atoms with Gasteiger partial charge < -0.3 is 13.9 Å². The van der Waals surface area contributed by atoms with Gasteiger partial charge in [-0.05, 0) is 35.4 Å². The molecule has 7 nitrogen and oxygen atoms in total. The first-order valence-corrected chi connectivity index (χ1v) is 13.2. The lowest BCUT2D eigenvalue weighted by atomic mass is 10.0. The molecule has 0 radical (unpaired) electrons. The number of fused-ring (bicyclic) bond motifs is 1. The van der Waals surface area contributed by atoms with Crippen molar-refractivity contribution in [2.75, 3.05) is 13.7 Å². The summed E-state index contributed by atoms with van der Waals surface area (Å²) in [6.07, 6.45) is 1.73. The minimum atomic E-state index is -0.531. The number of rotatable bonds is 7. The highest BCUT2D eigenvalue weighted by molar-refractivity contribution is 8.26. The summed E-state index contributed by atoms with van der Waals surface area (Å²) in [4.78, 5) is 38.9. The van der Waals surface area contributed by atoms with Crippen molar-refractivity contribution in [1.82, 2.24) is 4.90 Å². The summed E-state index contributed by atoms with van der Waals surface area (Å²) in [5, 5.41) is 0. The van der Waals surface area contributed by atoms with Crippen LogP contribution in [0.2, 0.25) is 0 Å². The van der Waals surface area contributed by atoms with Crippen molar-refractivity contribution in [3.05, 3.63) is 86.9 Å². The summed E-state index contributed by atoms with van der Waals surface area (Å²) in [5.41, 5.74) is 2.70. The van der Waals surface area contributed by atoms with E-state index in [1.54, 1.807) is 37.5 Å². The lowest BCUT2D eigenvalue weighted by molar-refractivity contribution is -0.134. The molecule has 2 heterocycles. The zero-order valence-electron chi connectivity index (χ0n) is 19.5. The second kappa shape index (κ2) is 10.7. The Morgan fingerprint density at radius 3 is 2.54 bits per heavy atom. The number of nitrogens with zero attached hydrogens (tertiary/aromatic N) is 1. The molecule has 3 aromatic carbocycles. The molecule has 0 unspecified atom stereocenters. The number of hydrogen-bond acceptors (Lipinski definition) is 9. The van der Waals surface area contributed by atoms with Crippen molar-refractivity contribution >= 4 is 67.9 Å². The predicted molar refractivity (Wildman–Crippen MR) is 149 cm³/mol. The van der Waals surface area contributed by atoms with Crippen molar-refractivity contribution < 1.29 is 23.5 Å². The second-order valence-corrected chi connectivity index (χ2v) is 10.6. The smallest absolute Gasteiger partial charge is 0.396 e. The zero-order chi connectivity index (χ0) is 25.9. The quantitative estimate of drug-likeness (QED) is 0.125. The van der Waals surface area contributed by atoms with Crippen molar-refractivity contribution in [2.45, 2.75) is 6.42 Å². The zero-order valence-corrected chi connectivity index (χ0v) is 21.9. The van der Waals surface area contributed by atoms with Crippen LogP contribution in [0.25, 0.3) is 27.5 Å². The number of carbonyl (C=O) groups is 2. The molecule has 0 atom stereocenters. The summed E-state index contributed by atoms with van der Waals surface area (Å²) in [6, 6.07) is 20.0. The van der Waals surface area contributed by atoms with E-state index in [2.05, 4.69) is 0 Å². The predicted octanol–water partition coefficient (Wildman–Crippen LogP) is 5.73. The van der Waals surface area contributed by atoms with Crippen molar-refractivity contribution in [3.63, 3.8) is 0 Å². The Hall–Kier alpha value is -3.73. The van der Waals surface area contributed by atoms with E-state index in [-0.39, 0.29) is 24.6 Å². The molecule has 37 heavy (non-hydrogen) atoms. The van der Waals surface area contributed by atoms with Crippen LogP contribution in [-0.4, -0.2) is 34.8 Å². The number of carbonyl (C=O) groups excluding carboxylic acids is 2. The van der Waals surface area contributed by atoms with Crippen LogP contribution in [0.15, 0.2) is 80.8 Å². The number of benzene rings is 3. The lowest BCUT2D eigenvalue weighted by Crippen LogP contribution is -2.31. The van der Waals surface area contributed by atoms with Gasteiger partial charge in [-0.25, -0.2) is 4.79 Å². The Bertz CT molecular complexity index is 1590. The fourth-order valence-corrected chi connectivity index (χ4v) is 5.81. The van der Waals surface area contributed by atoms with Gasteiger partial charge >= 0.3 is 10.9 Å². The average Bonchev–Trinajstić information content (AvgIpc) is 3.40. The Balaban J connectivity index is 1.31. The molecule has 1 aliphatic rings. The summed E-state index contributed by atoms with van der Waals surface area (Å²) in [7, 11) is 1.58. The maximum atomic E-state index is 12.8. The molecule has 10 heteroatoms. The first kappa shape index (κ1) is 24.9. The minimum absolute atomic E-state index is 0.0530. The average molecular weight is 550 g/mol. The molecule has 0 spiro atoms. The van der Waals surface area contributed by atoms with Crippen LogP contribution in [0.3, 0.4) is 0 Å². The van der Waals surface area contributed by atoms with E-state index in [1.807, 2.05) is 42.5 Å². The van der Waals surface area contributed by atoms with Gasteiger partial charge in [0.2, 0.25) is 0 Å². The van der Waals surface area contributed by atoms with Gasteiger partial charge in [0.15, 0.2) is 5.58 Å². The number of ether oxygens (including phenoxy) is 2. The minimum Gasteiger partial charge on any atom is -0.497 e. The molecule has 0 aliphatic carbocycles. The van der Waals surface area contributed by atoms with Gasteiger partial charge in [-0.2, -0.15) is 0 Å². The topological polar surface area (TPSA) is 86.0 Å². The normalized spacial score (nSPS) is 14.5. The van der Waals surface area contributed by atoms with E-state index in [0.29, 0.717) is 30.8 Å². The van der Waals surface area contributed by atoms with Gasteiger partial charge in [0.05, 0.1) is 23.1 Å². The third-order valence-corrected chi connectivity index (χ3v) is 7.70. The molecule has 1 amide bonds. The van der Waals surface area contributed by atoms with Gasteiger partial charge in [0, 0.05) is 18.2 Å². The highest BCUT2D eigenvalue weighted by atomic mass is 32.2. The molecule has 186 valence electrons. The molecule has 1 fully saturated rings. The van der Waals surface area contributed by atoms with Crippen LogP contribution in [0.1, 0.15) is 12.0 Å². The van der Waals surface area contributed by atoms with E-state index < -0.39 is 10.9 Å². The monoisotopic (exact) mass is 549 g/mol. The molecule has 5 rings (SSSR count). The number of methoxy groups -OCH3 is 1. The number of esters is 1. The molecule has 0 saturated carbocycles. The standard InChI is InChI=1S/C27H19NO6S3/c1-32-18-9-7-17(8-10-18)20-14-19(15-21-24(20)34-27(31)37-21)33-23(29)11-12-28-25(30)22(36-26(28)35)13-16-5-3-2-4-6-16/h2-10,13-15H,11-12H2,1H3. The van der Waals surface area contributed by atoms with E-state index in [0.717, 1.165) is 22.5 Å². The largest absolute Gasteiger partial charge is 0.497 e. The van der Waals surface area contributed by atoms with Crippen LogP contribution < -0.4 is 14.4 Å². The first-order chi connectivity index (χ1) is 17.9. The van der Waals surface area contributed by atoms with E-state index in [9.17, 15) is 14.4 Å². The molecule has 0 N–H and O–H groups in total. The summed E-state index contributed by atoms with van der Waals surface area (Å²) >= 11 is 7.50. The summed E-state index contributed by atoms with van der Waals surface area (Å²) < 4.78 is 17.1. The third kappa shape index (κ3) is 5.51. The Morgan fingerprint density at radius 2 is 1.81 bits per heavy atom. The van der Waals surface area contributed by atoms with Crippen LogP contribution in [-0.2, 0) is 9.59 Å². The van der Waals surface area contributed by atoms with Crippen LogP contribution in [0.5, 0.6) is 11.5 Å². The molecular formula is C27H19NO6S3. The maximum Gasteiger partial charge on any atom is 0.396 e. The van der Waals surface area contributed by atoms with E-state index in [1.165, 1.54) is 16.7 Å². The molecule has 0 bridgehead atoms. The van der Waals surface area contributed by atoms with Crippen LogP contribution >= 0.6 is 35.3 Å². The van der Waals surface area contributed by atoms with Crippen molar-refractivity contribution in [2.24, 2.45) is 0 Å². The van der Waals surface area contributed by atoms with E-state index in [4.69, 9.17) is 26.1 Å². The van der Waals surface area contributed by atoms with Crippen LogP contribution in [0, 0.1) is 0 Å². The van der Waals surface area contributed by atoms with Gasteiger partial charge in [0.25, 0.3) is 5.91 Å². The third-order valence-electron chi connectivity index (χ3n) is 5.55. The molecule has 1 saturated heterocycles. The second-order valence-electron chi connectivity index (χ2n) is 7.95. The number of amides is 1. The van der Waals surface area contributed by atoms with Crippen LogP contribution in [0.4, 0.5) is 0 Å². The van der Waals surface area contributed by atoms with Gasteiger partial charge in [-0.15, -0.1) is 0 Å². The maximum absolute atomic E-state index is 12.8. The fourth-order valence-electron chi connectivity index (χ4n) is 3.77. The van der Waals surface area contributed by atoms with Crippen molar-refractivity contribution in [3.8, 4) is 22.6 Å². The Kier molecular flexibility index (Phi) is 7.22. The summed E-state index contributed by atoms with van der Waals surface area (Å²) in [6.45, 7) is 0.0995. The molecule has 1 aliphatic heterocycles. The van der Waals surface area contributed by atoms with Gasteiger partial charge in [-0.3, -0.25) is 14.5 Å². The molecule has 1 aromatic heterocycles. The highest BCUT2D eigenvalue weighted by Crippen LogP contribution is 2.36. The van der Waals surface area contributed by atoms with Gasteiger partial charge in [-0.1, -0.05) is 77.8 Å². The Labute approximate surface area is 225 Å². The SMILES string of the molecule is COc1ccc(-c2cc(OC(=O)CCN3C(=O)C(=Cc4ccccc4)SC3=S)cc3sc(=O)oc23)cc1. The molecule has 4 aromatic rings. The highest BCUT2D eigenvalue weighted by Gasteiger charge is 2.32. The van der Waals surface area contributed by atoms with Gasteiger partial charge in [0.1, 0.15) is 15.8 Å². The number of hydrogen-bond donors (Lipinski definition) is 0. The Morgan fingerprint density at radius 1 is 1.05 bits per heavy atom. The van der Waals surface area contributed by atoms with Crippen molar-refractivity contribution in [1.29, 1.82) is 0 Å². The fraction of sp³-hybridized carbons (Fsp3) is 0.111. The summed E-state index contributed by atoms with van der Waals surface area (Å²) in [5.74, 6) is 0.188. The number of thioether (sulfide) groups is 1. The first-order valence-electron chi connectivity index (χ1n) is 11.1. The number of thiocarbonyl (C=S) groups is 1. The van der Waals surface area contributed by atoms with E-state index >= 15 is 0 Å².